The van der Waals surface area contributed by atoms with Gasteiger partial charge in [0.25, 0.3) is 11.8 Å². The summed E-state index contributed by atoms with van der Waals surface area (Å²) in [6, 6.07) is 10.8. The number of nitrogens with zero attached hydrogens (tertiary/aromatic N) is 3. The third-order valence-corrected chi connectivity index (χ3v) is 6.26. The molecule has 1 saturated heterocycles. The lowest BCUT2D eigenvalue weighted by atomic mass is 9.98. The van der Waals surface area contributed by atoms with Crippen LogP contribution in [-0.2, 0) is 0 Å². The minimum atomic E-state index is -0.877. The van der Waals surface area contributed by atoms with Gasteiger partial charge in [-0.1, -0.05) is 35.1 Å². The van der Waals surface area contributed by atoms with Crippen LogP contribution < -0.4 is 5.32 Å². The number of piperidine rings is 1. The molecule has 1 fully saturated rings. The fraction of sp³-hybridized carbons (Fsp3) is 0.273. The minimum absolute atomic E-state index is 0.147. The van der Waals surface area contributed by atoms with E-state index in [0.717, 1.165) is 24.1 Å². The van der Waals surface area contributed by atoms with Gasteiger partial charge >= 0.3 is 0 Å². The van der Waals surface area contributed by atoms with Crippen molar-refractivity contribution in [3.05, 3.63) is 75.2 Å². The second-order valence-corrected chi connectivity index (χ2v) is 8.46. The molecule has 6 nitrogen and oxygen atoms in total. The first-order valence-corrected chi connectivity index (χ1v) is 10.7. The Kier molecular flexibility index (Phi) is 6.03. The molecule has 2 aromatic carbocycles. The smallest absolute Gasteiger partial charge is 0.286 e. The first kappa shape index (κ1) is 21.0. The fourth-order valence-corrected chi connectivity index (χ4v) is 4.40. The number of hydrogen-bond donors (Lipinski definition) is 1. The Morgan fingerprint density at radius 2 is 1.81 bits per heavy atom. The number of amides is 2. The van der Waals surface area contributed by atoms with Gasteiger partial charge in [-0.15, -0.1) is 10.2 Å². The van der Waals surface area contributed by atoms with Crippen molar-refractivity contribution in [2.45, 2.75) is 25.7 Å². The van der Waals surface area contributed by atoms with Crippen LogP contribution in [0.4, 0.5) is 14.5 Å². The van der Waals surface area contributed by atoms with E-state index in [9.17, 15) is 18.4 Å². The molecular formula is C22H20F2N4O2S. The summed E-state index contributed by atoms with van der Waals surface area (Å²) in [5, 5.41) is 11.8. The number of nitrogens with one attached hydrogen (secondary N) is 1. The number of aromatic nitrogens is 2. The van der Waals surface area contributed by atoms with Crippen molar-refractivity contribution in [1.82, 2.24) is 15.1 Å². The molecule has 160 valence electrons. The SMILES string of the molecule is Cc1ccc(NC(=O)c2nnc([C@@H]3CCCN(C(=O)c4c(F)cccc4F)C3)s2)cc1. The Hall–Kier alpha value is -3.20. The summed E-state index contributed by atoms with van der Waals surface area (Å²) in [7, 11) is 0. The third kappa shape index (κ3) is 4.61. The standard InChI is InChI=1S/C22H20F2N4O2S/c1-13-7-9-15(10-8-13)25-19(29)21-27-26-20(31-21)14-4-3-11-28(12-14)22(30)18-16(23)5-2-6-17(18)24/h2,5-10,14H,3-4,11-12H2,1H3,(H,25,29)/t14-/m1/s1. The van der Waals surface area contributed by atoms with Crippen LogP contribution in [0.5, 0.6) is 0 Å². The summed E-state index contributed by atoms with van der Waals surface area (Å²) < 4.78 is 28.0. The van der Waals surface area contributed by atoms with Gasteiger partial charge in [0.2, 0.25) is 5.01 Å². The van der Waals surface area contributed by atoms with Crippen molar-refractivity contribution < 1.29 is 18.4 Å². The van der Waals surface area contributed by atoms with E-state index >= 15 is 0 Å². The Bertz CT molecular complexity index is 1100. The molecule has 2 amide bonds. The van der Waals surface area contributed by atoms with Crippen LogP contribution >= 0.6 is 11.3 Å². The highest BCUT2D eigenvalue weighted by atomic mass is 32.1. The number of carbonyl (C=O) groups excluding carboxylic acids is 2. The summed E-state index contributed by atoms with van der Waals surface area (Å²) in [4.78, 5) is 26.6. The zero-order valence-corrected chi connectivity index (χ0v) is 17.6. The number of benzene rings is 2. The van der Waals surface area contributed by atoms with Crippen molar-refractivity contribution in [3.63, 3.8) is 0 Å². The van der Waals surface area contributed by atoms with E-state index in [1.807, 2.05) is 31.2 Å². The normalized spacial score (nSPS) is 16.2. The lowest BCUT2D eigenvalue weighted by Crippen LogP contribution is -2.39. The van der Waals surface area contributed by atoms with Gasteiger partial charge in [0.05, 0.1) is 0 Å². The molecular weight excluding hydrogens is 422 g/mol. The number of halogens is 2. The van der Waals surface area contributed by atoms with Crippen LogP contribution in [-0.4, -0.2) is 40.0 Å². The molecule has 4 rings (SSSR count). The van der Waals surface area contributed by atoms with Gasteiger partial charge in [-0.25, -0.2) is 8.78 Å². The maximum atomic E-state index is 14.0. The molecule has 0 spiro atoms. The molecule has 0 radical (unpaired) electrons. The van der Waals surface area contributed by atoms with E-state index in [1.165, 1.54) is 22.3 Å². The molecule has 0 aliphatic carbocycles. The highest BCUT2D eigenvalue weighted by Crippen LogP contribution is 2.30. The van der Waals surface area contributed by atoms with Crippen LogP contribution in [0, 0.1) is 18.6 Å². The van der Waals surface area contributed by atoms with E-state index in [-0.39, 0.29) is 23.4 Å². The van der Waals surface area contributed by atoms with Crippen molar-refractivity contribution in [3.8, 4) is 0 Å². The molecule has 31 heavy (non-hydrogen) atoms. The summed E-state index contributed by atoms with van der Waals surface area (Å²) in [6.45, 7) is 2.63. The number of aryl methyl sites for hydroxylation is 1. The van der Waals surface area contributed by atoms with E-state index in [1.54, 1.807) is 0 Å². The molecule has 1 aromatic heterocycles. The summed E-state index contributed by atoms with van der Waals surface area (Å²) in [6.07, 6.45) is 1.41. The molecule has 1 aliphatic rings. The fourth-order valence-electron chi connectivity index (χ4n) is 3.54. The zero-order valence-electron chi connectivity index (χ0n) is 16.8. The molecule has 0 unspecified atom stereocenters. The first-order valence-electron chi connectivity index (χ1n) is 9.87. The second kappa shape index (κ2) is 8.89. The van der Waals surface area contributed by atoms with Crippen molar-refractivity contribution in [1.29, 1.82) is 0 Å². The summed E-state index contributed by atoms with van der Waals surface area (Å²) in [5.41, 5.74) is 1.20. The number of rotatable bonds is 4. The summed E-state index contributed by atoms with van der Waals surface area (Å²) >= 11 is 1.17. The molecule has 0 bridgehead atoms. The number of anilines is 1. The Morgan fingerprint density at radius 3 is 2.52 bits per heavy atom. The van der Waals surface area contributed by atoms with Crippen LogP contribution in [0.2, 0.25) is 0 Å². The molecule has 9 heteroatoms. The molecule has 1 atom stereocenters. The van der Waals surface area contributed by atoms with Crippen molar-refractivity contribution >= 4 is 28.8 Å². The Balaban J connectivity index is 1.45. The van der Waals surface area contributed by atoms with Gasteiger partial charge in [-0.2, -0.15) is 0 Å². The van der Waals surface area contributed by atoms with E-state index in [4.69, 9.17) is 0 Å². The molecule has 0 saturated carbocycles. The third-order valence-electron chi connectivity index (χ3n) is 5.18. The van der Waals surface area contributed by atoms with Gasteiger partial charge in [-0.3, -0.25) is 9.59 Å². The van der Waals surface area contributed by atoms with Gasteiger partial charge in [0.15, 0.2) is 0 Å². The zero-order chi connectivity index (χ0) is 22.0. The Labute approximate surface area is 181 Å². The van der Waals surface area contributed by atoms with E-state index in [2.05, 4.69) is 15.5 Å². The molecule has 1 aliphatic heterocycles. The van der Waals surface area contributed by atoms with Crippen LogP contribution in [0.15, 0.2) is 42.5 Å². The van der Waals surface area contributed by atoms with Gasteiger partial charge in [-0.05, 0) is 44.0 Å². The van der Waals surface area contributed by atoms with Crippen LogP contribution in [0.1, 0.15) is 49.5 Å². The number of carbonyl (C=O) groups is 2. The number of likely N-dealkylation sites (tertiary alicyclic amines) is 1. The second-order valence-electron chi connectivity index (χ2n) is 7.45. The predicted octanol–water partition coefficient (Wildman–Crippen LogP) is 4.40. The average Bonchev–Trinajstić information content (AvgIpc) is 3.26. The van der Waals surface area contributed by atoms with E-state index in [0.29, 0.717) is 23.7 Å². The first-order chi connectivity index (χ1) is 14.9. The van der Waals surface area contributed by atoms with Gasteiger partial charge in [0, 0.05) is 24.7 Å². The monoisotopic (exact) mass is 442 g/mol. The largest absolute Gasteiger partial charge is 0.338 e. The highest BCUT2D eigenvalue weighted by Gasteiger charge is 2.30. The van der Waals surface area contributed by atoms with Gasteiger partial charge in [0.1, 0.15) is 22.2 Å². The van der Waals surface area contributed by atoms with E-state index < -0.39 is 23.1 Å². The highest BCUT2D eigenvalue weighted by molar-refractivity contribution is 7.13. The molecule has 1 N–H and O–H groups in total. The Morgan fingerprint density at radius 1 is 1.10 bits per heavy atom. The quantitative estimate of drug-likeness (QED) is 0.650. The van der Waals surface area contributed by atoms with Crippen LogP contribution in [0.25, 0.3) is 0 Å². The molecule has 2 heterocycles. The summed E-state index contributed by atoms with van der Waals surface area (Å²) in [5.74, 6) is -2.94. The van der Waals surface area contributed by atoms with Crippen molar-refractivity contribution in [2.75, 3.05) is 18.4 Å². The predicted molar refractivity (Wildman–Crippen MR) is 113 cm³/mol. The van der Waals surface area contributed by atoms with Gasteiger partial charge < -0.3 is 10.2 Å². The maximum absolute atomic E-state index is 14.0. The molecule has 3 aromatic rings. The average molecular weight is 442 g/mol. The topological polar surface area (TPSA) is 75.2 Å². The maximum Gasteiger partial charge on any atom is 0.286 e. The van der Waals surface area contributed by atoms with Crippen molar-refractivity contribution in [2.24, 2.45) is 0 Å². The minimum Gasteiger partial charge on any atom is -0.338 e. The lowest BCUT2D eigenvalue weighted by Gasteiger charge is -2.31. The van der Waals surface area contributed by atoms with Crippen LogP contribution in [0.3, 0.4) is 0 Å². The lowest BCUT2D eigenvalue weighted by molar-refractivity contribution is 0.0696. The number of hydrogen-bond acceptors (Lipinski definition) is 5.